The van der Waals surface area contributed by atoms with E-state index in [0.29, 0.717) is 0 Å². The van der Waals surface area contributed by atoms with Gasteiger partial charge in [0.25, 0.3) is 0 Å². The van der Waals surface area contributed by atoms with E-state index in [4.69, 9.17) is 0 Å². The van der Waals surface area contributed by atoms with Crippen LogP contribution >= 0.6 is 0 Å². The summed E-state index contributed by atoms with van der Waals surface area (Å²) in [5.41, 5.74) is 1.03. The monoisotopic (exact) mass is 236 g/mol. The van der Waals surface area contributed by atoms with E-state index in [1.54, 1.807) is 12.1 Å². The van der Waals surface area contributed by atoms with E-state index >= 15 is 0 Å². The number of halogens is 1. The summed E-state index contributed by atoms with van der Waals surface area (Å²) in [5.74, 6) is 0.602. The molecule has 1 atom stereocenters. The van der Waals surface area contributed by atoms with Crippen molar-refractivity contribution in [3.63, 3.8) is 0 Å². The summed E-state index contributed by atoms with van der Waals surface area (Å²) in [5, 5.41) is 6.87. The van der Waals surface area contributed by atoms with Gasteiger partial charge in [0.1, 0.15) is 5.82 Å². The van der Waals surface area contributed by atoms with Crippen LogP contribution in [-0.4, -0.2) is 19.6 Å². The van der Waals surface area contributed by atoms with Gasteiger partial charge in [-0.1, -0.05) is 12.1 Å². The first-order valence-corrected chi connectivity index (χ1v) is 6.45. The minimum absolute atomic E-state index is 0.155. The van der Waals surface area contributed by atoms with Crippen LogP contribution in [0, 0.1) is 11.7 Å². The molecule has 1 unspecified atom stereocenters. The third-order valence-corrected chi connectivity index (χ3v) is 3.52. The number of piperidine rings is 1. The molecule has 94 valence electrons. The van der Waals surface area contributed by atoms with Crippen molar-refractivity contribution in [2.45, 2.75) is 25.8 Å². The molecule has 1 fully saturated rings. The number of hydrogen-bond donors (Lipinski definition) is 2. The predicted molar refractivity (Wildman–Crippen MR) is 68.4 cm³/mol. The molecule has 1 heterocycles. The first-order chi connectivity index (χ1) is 8.25. The molecule has 0 bridgehead atoms. The van der Waals surface area contributed by atoms with Gasteiger partial charge < -0.3 is 10.6 Å². The molecule has 0 saturated carbocycles. The van der Waals surface area contributed by atoms with Crippen molar-refractivity contribution < 1.29 is 4.39 Å². The highest BCUT2D eigenvalue weighted by Gasteiger charge is 2.14. The Balaban J connectivity index is 1.82. The summed E-state index contributed by atoms with van der Waals surface area (Å²) in [6.45, 7) is 5.37. The highest BCUT2D eigenvalue weighted by Crippen LogP contribution is 2.16. The van der Waals surface area contributed by atoms with Gasteiger partial charge in [0.2, 0.25) is 0 Å². The van der Waals surface area contributed by atoms with E-state index in [9.17, 15) is 4.39 Å². The molecule has 0 spiro atoms. The number of benzene rings is 1. The number of rotatable bonds is 4. The maximum atomic E-state index is 13.1. The van der Waals surface area contributed by atoms with E-state index in [1.807, 2.05) is 6.07 Å². The number of nitrogens with one attached hydrogen (secondary N) is 2. The van der Waals surface area contributed by atoms with Crippen molar-refractivity contribution in [1.29, 1.82) is 0 Å². The minimum atomic E-state index is -0.155. The van der Waals surface area contributed by atoms with E-state index in [1.165, 1.54) is 18.9 Å². The fourth-order valence-corrected chi connectivity index (χ4v) is 2.32. The van der Waals surface area contributed by atoms with Crippen LogP contribution in [0.1, 0.15) is 31.4 Å². The molecular formula is C14H21FN2. The van der Waals surface area contributed by atoms with Gasteiger partial charge in [0, 0.05) is 6.04 Å². The Morgan fingerprint density at radius 3 is 2.88 bits per heavy atom. The highest BCUT2D eigenvalue weighted by atomic mass is 19.1. The molecule has 0 aromatic heterocycles. The van der Waals surface area contributed by atoms with Crippen molar-refractivity contribution in [3.05, 3.63) is 35.6 Å². The normalized spacial score (nSPS) is 19.2. The SMILES string of the molecule is CC(NCC1CCNCC1)c1cccc(F)c1. The maximum absolute atomic E-state index is 13.1. The molecule has 1 aromatic carbocycles. The molecule has 0 aliphatic carbocycles. The minimum Gasteiger partial charge on any atom is -0.317 e. The van der Waals surface area contributed by atoms with Crippen molar-refractivity contribution in [2.24, 2.45) is 5.92 Å². The molecule has 2 nitrogen and oxygen atoms in total. The fraction of sp³-hybridized carbons (Fsp3) is 0.571. The molecule has 1 saturated heterocycles. The number of hydrogen-bond acceptors (Lipinski definition) is 2. The quantitative estimate of drug-likeness (QED) is 0.839. The molecule has 1 aliphatic heterocycles. The molecule has 1 aliphatic rings. The van der Waals surface area contributed by atoms with Gasteiger partial charge >= 0.3 is 0 Å². The Hall–Kier alpha value is -0.930. The lowest BCUT2D eigenvalue weighted by Gasteiger charge is -2.25. The van der Waals surface area contributed by atoms with Crippen LogP contribution in [0.5, 0.6) is 0 Å². The summed E-state index contributed by atoms with van der Waals surface area (Å²) >= 11 is 0. The fourth-order valence-electron chi connectivity index (χ4n) is 2.32. The van der Waals surface area contributed by atoms with E-state index < -0.39 is 0 Å². The third-order valence-electron chi connectivity index (χ3n) is 3.52. The molecule has 1 aromatic rings. The standard InChI is InChI=1S/C14H21FN2/c1-11(13-3-2-4-14(15)9-13)17-10-12-5-7-16-8-6-12/h2-4,9,11-12,16-17H,5-8,10H2,1H3. The van der Waals surface area contributed by atoms with Gasteiger partial charge in [-0.3, -0.25) is 0 Å². The van der Waals surface area contributed by atoms with Crippen LogP contribution in [-0.2, 0) is 0 Å². The highest BCUT2D eigenvalue weighted by molar-refractivity contribution is 5.19. The molecule has 3 heteroatoms. The summed E-state index contributed by atoms with van der Waals surface area (Å²) in [7, 11) is 0. The van der Waals surface area contributed by atoms with Gasteiger partial charge in [-0.25, -0.2) is 4.39 Å². The van der Waals surface area contributed by atoms with E-state index in [0.717, 1.165) is 31.1 Å². The van der Waals surface area contributed by atoms with Crippen LogP contribution < -0.4 is 10.6 Å². The van der Waals surface area contributed by atoms with Gasteiger partial charge in [-0.15, -0.1) is 0 Å². The van der Waals surface area contributed by atoms with Crippen LogP contribution in [0.15, 0.2) is 24.3 Å². The summed E-state index contributed by atoms with van der Waals surface area (Å²) in [4.78, 5) is 0. The third kappa shape index (κ3) is 3.79. The molecule has 17 heavy (non-hydrogen) atoms. The smallest absolute Gasteiger partial charge is 0.123 e. The lowest BCUT2D eigenvalue weighted by molar-refractivity contribution is 0.345. The van der Waals surface area contributed by atoms with E-state index in [2.05, 4.69) is 17.6 Å². The first-order valence-electron chi connectivity index (χ1n) is 6.45. The Morgan fingerprint density at radius 2 is 2.18 bits per heavy atom. The summed E-state index contributed by atoms with van der Waals surface area (Å²) < 4.78 is 13.1. The molecule has 0 amide bonds. The van der Waals surface area contributed by atoms with Gasteiger partial charge in [-0.2, -0.15) is 0 Å². The van der Waals surface area contributed by atoms with Gasteiger partial charge in [0.05, 0.1) is 0 Å². The van der Waals surface area contributed by atoms with Gasteiger partial charge in [0.15, 0.2) is 0 Å². The lowest BCUT2D eigenvalue weighted by atomic mass is 9.97. The zero-order chi connectivity index (χ0) is 12.1. The maximum Gasteiger partial charge on any atom is 0.123 e. The Morgan fingerprint density at radius 1 is 1.41 bits per heavy atom. The summed E-state index contributed by atoms with van der Waals surface area (Å²) in [6.07, 6.45) is 2.48. The topological polar surface area (TPSA) is 24.1 Å². The second-order valence-corrected chi connectivity index (χ2v) is 4.88. The van der Waals surface area contributed by atoms with Crippen LogP contribution in [0.3, 0.4) is 0 Å². The van der Waals surface area contributed by atoms with Crippen molar-refractivity contribution in [2.75, 3.05) is 19.6 Å². The Labute approximate surface area is 103 Å². The average molecular weight is 236 g/mol. The summed E-state index contributed by atoms with van der Waals surface area (Å²) in [6, 6.07) is 7.07. The largest absolute Gasteiger partial charge is 0.317 e. The predicted octanol–water partition coefficient (Wildman–Crippen LogP) is 2.48. The molecular weight excluding hydrogens is 215 g/mol. The Kier molecular flexibility index (Phi) is 4.51. The zero-order valence-corrected chi connectivity index (χ0v) is 10.4. The average Bonchev–Trinajstić information content (AvgIpc) is 2.37. The van der Waals surface area contributed by atoms with E-state index in [-0.39, 0.29) is 11.9 Å². The van der Waals surface area contributed by atoms with Crippen LogP contribution in [0.2, 0.25) is 0 Å². The molecule has 2 rings (SSSR count). The van der Waals surface area contributed by atoms with Crippen LogP contribution in [0.4, 0.5) is 4.39 Å². The molecule has 2 N–H and O–H groups in total. The van der Waals surface area contributed by atoms with Crippen molar-refractivity contribution in [3.8, 4) is 0 Å². The molecule has 0 radical (unpaired) electrons. The second kappa shape index (κ2) is 6.12. The van der Waals surface area contributed by atoms with Crippen molar-refractivity contribution >= 4 is 0 Å². The van der Waals surface area contributed by atoms with Gasteiger partial charge in [-0.05, 0) is 63.0 Å². The van der Waals surface area contributed by atoms with Crippen molar-refractivity contribution in [1.82, 2.24) is 10.6 Å². The first kappa shape index (κ1) is 12.5. The van der Waals surface area contributed by atoms with Crippen LogP contribution in [0.25, 0.3) is 0 Å². The second-order valence-electron chi connectivity index (χ2n) is 4.88. The Bertz CT molecular complexity index is 348. The lowest BCUT2D eigenvalue weighted by Crippen LogP contribution is -2.34. The zero-order valence-electron chi connectivity index (χ0n) is 10.4.